The summed E-state index contributed by atoms with van der Waals surface area (Å²) in [6, 6.07) is 4.73. The SMILES string of the molecule is Cc1cc(C[C@H](C)N)c(C)cc1I. The van der Waals surface area contributed by atoms with Crippen molar-refractivity contribution in [1.82, 2.24) is 0 Å². The minimum absolute atomic E-state index is 0.248. The van der Waals surface area contributed by atoms with E-state index in [9.17, 15) is 0 Å². The zero-order chi connectivity index (χ0) is 10.0. The number of benzene rings is 1. The number of aryl methyl sites for hydroxylation is 2. The lowest BCUT2D eigenvalue weighted by Gasteiger charge is -2.10. The molecule has 0 unspecified atom stereocenters. The number of hydrogen-bond acceptors (Lipinski definition) is 1. The van der Waals surface area contributed by atoms with Crippen LogP contribution in [-0.2, 0) is 6.42 Å². The summed E-state index contributed by atoms with van der Waals surface area (Å²) in [5, 5.41) is 0. The first-order valence-corrected chi connectivity index (χ1v) is 5.59. The van der Waals surface area contributed by atoms with Crippen molar-refractivity contribution >= 4 is 22.6 Å². The highest BCUT2D eigenvalue weighted by Gasteiger charge is 2.04. The zero-order valence-corrected chi connectivity index (χ0v) is 10.6. The Hall–Kier alpha value is -0.0900. The molecule has 0 spiro atoms. The van der Waals surface area contributed by atoms with E-state index in [-0.39, 0.29) is 6.04 Å². The van der Waals surface area contributed by atoms with E-state index in [1.54, 1.807) is 0 Å². The van der Waals surface area contributed by atoms with Gasteiger partial charge in [0, 0.05) is 9.61 Å². The molecule has 1 rings (SSSR count). The van der Waals surface area contributed by atoms with Gasteiger partial charge >= 0.3 is 0 Å². The van der Waals surface area contributed by atoms with Crippen molar-refractivity contribution in [3.05, 3.63) is 32.4 Å². The van der Waals surface area contributed by atoms with Crippen LogP contribution in [-0.4, -0.2) is 6.04 Å². The molecule has 0 saturated heterocycles. The van der Waals surface area contributed by atoms with Crippen LogP contribution in [0, 0.1) is 17.4 Å². The third kappa shape index (κ3) is 2.95. The van der Waals surface area contributed by atoms with Crippen LogP contribution in [0.25, 0.3) is 0 Å². The van der Waals surface area contributed by atoms with Crippen molar-refractivity contribution in [2.75, 3.05) is 0 Å². The summed E-state index contributed by atoms with van der Waals surface area (Å²) in [5.74, 6) is 0. The van der Waals surface area contributed by atoms with E-state index in [4.69, 9.17) is 5.73 Å². The van der Waals surface area contributed by atoms with Gasteiger partial charge in [-0.2, -0.15) is 0 Å². The van der Waals surface area contributed by atoms with E-state index in [2.05, 4.69) is 48.6 Å². The molecule has 0 amide bonds. The van der Waals surface area contributed by atoms with Crippen LogP contribution in [0.1, 0.15) is 23.6 Å². The molecule has 0 aliphatic carbocycles. The Bertz CT molecular complexity index is 305. The highest BCUT2D eigenvalue weighted by atomic mass is 127. The van der Waals surface area contributed by atoms with Crippen LogP contribution in [0.5, 0.6) is 0 Å². The summed E-state index contributed by atoms with van der Waals surface area (Å²) in [6.07, 6.45) is 0.976. The molecule has 0 saturated carbocycles. The van der Waals surface area contributed by atoms with Gasteiger partial charge in [-0.15, -0.1) is 0 Å². The van der Waals surface area contributed by atoms with E-state index in [0.29, 0.717) is 0 Å². The van der Waals surface area contributed by atoms with Crippen molar-refractivity contribution in [2.24, 2.45) is 5.73 Å². The summed E-state index contributed by atoms with van der Waals surface area (Å²) in [6.45, 7) is 6.35. The molecule has 72 valence electrons. The van der Waals surface area contributed by atoms with Crippen LogP contribution < -0.4 is 5.73 Å². The lowest BCUT2D eigenvalue weighted by Crippen LogP contribution is -2.18. The maximum Gasteiger partial charge on any atom is 0.0162 e. The van der Waals surface area contributed by atoms with Crippen LogP contribution in [0.2, 0.25) is 0 Å². The number of nitrogens with two attached hydrogens (primary N) is 1. The van der Waals surface area contributed by atoms with Crippen molar-refractivity contribution in [1.29, 1.82) is 0 Å². The van der Waals surface area contributed by atoms with Gasteiger partial charge in [-0.3, -0.25) is 0 Å². The van der Waals surface area contributed by atoms with Gasteiger partial charge in [-0.1, -0.05) is 6.07 Å². The Labute approximate surface area is 93.9 Å². The zero-order valence-electron chi connectivity index (χ0n) is 8.39. The van der Waals surface area contributed by atoms with Gasteiger partial charge in [0.25, 0.3) is 0 Å². The normalized spacial score (nSPS) is 13.0. The molecule has 0 aliphatic rings. The highest BCUT2D eigenvalue weighted by molar-refractivity contribution is 14.1. The Morgan fingerprint density at radius 1 is 1.31 bits per heavy atom. The van der Waals surface area contributed by atoms with E-state index in [0.717, 1.165) is 6.42 Å². The molecule has 1 aromatic carbocycles. The van der Waals surface area contributed by atoms with Gasteiger partial charge in [-0.25, -0.2) is 0 Å². The summed E-state index contributed by atoms with van der Waals surface area (Å²) >= 11 is 2.37. The highest BCUT2D eigenvalue weighted by Crippen LogP contribution is 2.18. The second-order valence-electron chi connectivity index (χ2n) is 3.71. The topological polar surface area (TPSA) is 26.0 Å². The second kappa shape index (κ2) is 4.42. The van der Waals surface area contributed by atoms with E-state index < -0.39 is 0 Å². The number of hydrogen-bond donors (Lipinski definition) is 1. The molecular weight excluding hydrogens is 273 g/mol. The monoisotopic (exact) mass is 289 g/mol. The quantitative estimate of drug-likeness (QED) is 0.832. The fraction of sp³-hybridized carbons (Fsp3) is 0.455. The molecule has 1 atom stereocenters. The molecule has 2 heteroatoms. The third-order valence-electron chi connectivity index (χ3n) is 2.16. The molecule has 0 aromatic heterocycles. The van der Waals surface area contributed by atoms with Gasteiger partial charge in [0.15, 0.2) is 0 Å². The van der Waals surface area contributed by atoms with Gasteiger partial charge in [0.05, 0.1) is 0 Å². The predicted molar refractivity (Wildman–Crippen MR) is 66.0 cm³/mol. The summed E-state index contributed by atoms with van der Waals surface area (Å²) in [7, 11) is 0. The van der Waals surface area contributed by atoms with Crippen LogP contribution in [0.15, 0.2) is 12.1 Å². The molecule has 1 nitrogen and oxygen atoms in total. The first kappa shape index (κ1) is 11.0. The van der Waals surface area contributed by atoms with Gasteiger partial charge in [-0.05, 0) is 72.5 Å². The molecule has 13 heavy (non-hydrogen) atoms. The van der Waals surface area contributed by atoms with E-state index >= 15 is 0 Å². The van der Waals surface area contributed by atoms with Gasteiger partial charge < -0.3 is 5.73 Å². The summed E-state index contributed by atoms with van der Waals surface area (Å²) in [5.41, 5.74) is 9.86. The lowest BCUT2D eigenvalue weighted by atomic mass is 10.0. The minimum Gasteiger partial charge on any atom is -0.328 e. The fourth-order valence-corrected chi connectivity index (χ4v) is 2.03. The summed E-state index contributed by atoms with van der Waals surface area (Å²) < 4.78 is 1.34. The minimum atomic E-state index is 0.248. The van der Waals surface area contributed by atoms with Crippen LogP contribution in [0.3, 0.4) is 0 Å². The van der Waals surface area contributed by atoms with Crippen molar-refractivity contribution in [3.63, 3.8) is 0 Å². The van der Waals surface area contributed by atoms with Crippen molar-refractivity contribution in [3.8, 4) is 0 Å². The average Bonchev–Trinajstić information content (AvgIpc) is 1.99. The molecule has 0 aliphatic heterocycles. The Morgan fingerprint density at radius 3 is 2.46 bits per heavy atom. The van der Waals surface area contributed by atoms with Crippen LogP contribution >= 0.6 is 22.6 Å². The fourth-order valence-electron chi connectivity index (χ4n) is 1.41. The molecule has 0 bridgehead atoms. The molecule has 1 aromatic rings. The predicted octanol–water partition coefficient (Wildman–Crippen LogP) is 2.80. The third-order valence-corrected chi connectivity index (χ3v) is 3.32. The summed E-state index contributed by atoms with van der Waals surface area (Å²) in [4.78, 5) is 0. The average molecular weight is 289 g/mol. The van der Waals surface area contributed by atoms with Crippen LogP contribution in [0.4, 0.5) is 0 Å². The second-order valence-corrected chi connectivity index (χ2v) is 4.87. The molecule has 2 N–H and O–H groups in total. The number of rotatable bonds is 2. The van der Waals surface area contributed by atoms with E-state index in [1.807, 2.05) is 6.92 Å². The van der Waals surface area contributed by atoms with E-state index in [1.165, 1.54) is 20.3 Å². The van der Waals surface area contributed by atoms with Gasteiger partial charge in [0.2, 0.25) is 0 Å². The largest absolute Gasteiger partial charge is 0.328 e. The maximum atomic E-state index is 5.78. The van der Waals surface area contributed by atoms with Crippen molar-refractivity contribution < 1.29 is 0 Å². The standard InChI is InChI=1S/C11H16IN/c1-7-5-11(12)8(2)4-10(7)6-9(3)13/h4-5,9H,6,13H2,1-3H3/t9-/m0/s1. The smallest absolute Gasteiger partial charge is 0.0162 e. The molecule has 0 radical (unpaired) electrons. The number of halogens is 1. The molecular formula is C11H16IN. The lowest BCUT2D eigenvalue weighted by molar-refractivity contribution is 0.734. The first-order valence-electron chi connectivity index (χ1n) is 4.52. The Morgan fingerprint density at radius 2 is 1.92 bits per heavy atom. The Balaban J connectivity index is 3.01. The first-order chi connectivity index (χ1) is 6.00. The maximum absolute atomic E-state index is 5.78. The van der Waals surface area contributed by atoms with Crippen molar-refractivity contribution in [2.45, 2.75) is 33.2 Å². The molecule has 0 heterocycles. The van der Waals surface area contributed by atoms with Gasteiger partial charge in [0.1, 0.15) is 0 Å². The molecule has 0 fully saturated rings. The Kier molecular flexibility index (Phi) is 3.74.